The van der Waals surface area contributed by atoms with Crippen LogP contribution in [0.25, 0.3) is 16.8 Å². The number of benzene rings is 2. The van der Waals surface area contributed by atoms with E-state index >= 15 is 0 Å². The first-order chi connectivity index (χ1) is 13.5. The maximum Gasteiger partial charge on any atom is 0.277 e. The zero-order valence-electron chi connectivity index (χ0n) is 15.1. The Labute approximate surface area is 166 Å². The Morgan fingerprint density at radius 2 is 1.89 bits per heavy atom. The lowest BCUT2D eigenvalue weighted by molar-refractivity contribution is -0.116. The van der Waals surface area contributed by atoms with Crippen molar-refractivity contribution in [1.29, 1.82) is 0 Å². The van der Waals surface area contributed by atoms with E-state index in [4.69, 9.17) is 11.6 Å². The molecule has 0 spiro atoms. The maximum atomic E-state index is 12.8. The van der Waals surface area contributed by atoms with Crippen molar-refractivity contribution in [3.8, 4) is 11.3 Å². The van der Waals surface area contributed by atoms with E-state index in [0.717, 1.165) is 11.1 Å². The Kier molecular flexibility index (Phi) is 4.71. The van der Waals surface area contributed by atoms with Crippen molar-refractivity contribution in [3.05, 3.63) is 87.9 Å². The smallest absolute Gasteiger partial charge is 0.277 e. The van der Waals surface area contributed by atoms with Crippen LogP contribution in [-0.2, 0) is 11.3 Å². The van der Waals surface area contributed by atoms with Gasteiger partial charge in [-0.3, -0.25) is 9.59 Å². The molecule has 0 fully saturated rings. The number of aryl methyl sites for hydroxylation is 1. The van der Waals surface area contributed by atoms with Gasteiger partial charge in [0.1, 0.15) is 12.1 Å². The predicted octanol–water partition coefficient (Wildman–Crippen LogP) is 3.76. The molecular formula is C21H17ClN4O2. The summed E-state index contributed by atoms with van der Waals surface area (Å²) in [7, 11) is 0. The minimum absolute atomic E-state index is 0.120. The first-order valence-electron chi connectivity index (χ1n) is 8.71. The molecule has 0 atom stereocenters. The molecule has 0 saturated carbocycles. The number of carbonyl (C=O) groups excluding carboxylic acids is 1. The van der Waals surface area contributed by atoms with Crippen LogP contribution in [0.3, 0.4) is 0 Å². The average molecular weight is 393 g/mol. The van der Waals surface area contributed by atoms with Gasteiger partial charge in [0.05, 0.1) is 16.4 Å². The fourth-order valence-electron chi connectivity index (χ4n) is 2.97. The Morgan fingerprint density at radius 1 is 1.11 bits per heavy atom. The summed E-state index contributed by atoms with van der Waals surface area (Å²) in [5.74, 6) is -0.333. The Balaban J connectivity index is 1.59. The SMILES string of the molecule is Cc1ccc(NC(=O)Cn2ccn3nc(-c4ccccc4)cc3c2=O)c(Cl)c1. The van der Waals surface area contributed by atoms with Crippen LogP contribution in [0, 0.1) is 6.92 Å². The van der Waals surface area contributed by atoms with Gasteiger partial charge in [-0.05, 0) is 30.7 Å². The number of amides is 1. The largest absolute Gasteiger partial charge is 0.323 e. The van der Waals surface area contributed by atoms with Gasteiger partial charge in [0.15, 0.2) is 0 Å². The van der Waals surface area contributed by atoms with Crippen LogP contribution in [-0.4, -0.2) is 20.1 Å². The number of nitrogens with zero attached hydrogens (tertiary/aromatic N) is 3. The number of halogens is 1. The number of aromatic nitrogens is 3. The standard InChI is InChI=1S/C21H17ClN4O2/c1-14-7-8-17(16(22)11-14)23-20(27)13-25-9-10-26-19(21(25)28)12-18(24-26)15-5-3-2-4-6-15/h2-12H,13H2,1H3,(H,23,27). The van der Waals surface area contributed by atoms with Crippen molar-refractivity contribution in [2.45, 2.75) is 13.5 Å². The van der Waals surface area contributed by atoms with Crippen molar-refractivity contribution < 1.29 is 4.79 Å². The highest BCUT2D eigenvalue weighted by Gasteiger charge is 2.12. The van der Waals surface area contributed by atoms with Gasteiger partial charge in [0.2, 0.25) is 5.91 Å². The van der Waals surface area contributed by atoms with Crippen LogP contribution in [0.15, 0.2) is 71.8 Å². The minimum Gasteiger partial charge on any atom is -0.323 e. The first kappa shape index (κ1) is 18.0. The lowest BCUT2D eigenvalue weighted by atomic mass is 10.1. The Morgan fingerprint density at radius 3 is 2.64 bits per heavy atom. The molecule has 0 aliphatic rings. The van der Waals surface area contributed by atoms with Crippen molar-refractivity contribution in [3.63, 3.8) is 0 Å². The first-order valence-corrected chi connectivity index (χ1v) is 9.09. The third-order valence-corrected chi connectivity index (χ3v) is 4.70. The number of nitrogens with one attached hydrogen (secondary N) is 1. The van der Waals surface area contributed by atoms with Gasteiger partial charge in [-0.1, -0.05) is 48.0 Å². The predicted molar refractivity (Wildman–Crippen MR) is 110 cm³/mol. The topological polar surface area (TPSA) is 68.4 Å². The van der Waals surface area contributed by atoms with Gasteiger partial charge in [-0.25, -0.2) is 4.52 Å². The summed E-state index contributed by atoms with van der Waals surface area (Å²) < 4.78 is 2.87. The van der Waals surface area contributed by atoms with Gasteiger partial charge >= 0.3 is 0 Å². The summed E-state index contributed by atoms with van der Waals surface area (Å²) in [6, 6.07) is 16.7. The lowest BCUT2D eigenvalue weighted by Gasteiger charge is -2.09. The molecule has 0 aliphatic heterocycles. The van der Waals surface area contributed by atoms with Gasteiger partial charge in [0, 0.05) is 18.0 Å². The van der Waals surface area contributed by atoms with E-state index in [1.807, 2.05) is 43.3 Å². The summed E-state index contributed by atoms with van der Waals surface area (Å²) in [6.45, 7) is 1.80. The van der Waals surface area contributed by atoms with Gasteiger partial charge in [-0.2, -0.15) is 5.10 Å². The molecule has 0 radical (unpaired) electrons. The van der Waals surface area contributed by atoms with Crippen LogP contribution in [0.4, 0.5) is 5.69 Å². The highest BCUT2D eigenvalue weighted by Crippen LogP contribution is 2.22. The zero-order chi connectivity index (χ0) is 19.7. The molecule has 2 aromatic heterocycles. The van der Waals surface area contributed by atoms with Crippen LogP contribution < -0.4 is 10.9 Å². The molecule has 0 saturated heterocycles. The highest BCUT2D eigenvalue weighted by molar-refractivity contribution is 6.33. The maximum absolute atomic E-state index is 12.8. The fraction of sp³-hybridized carbons (Fsp3) is 0.0952. The van der Waals surface area contributed by atoms with Crippen LogP contribution in [0.2, 0.25) is 5.02 Å². The van der Waals surface area contributed by atoms with E-state index in [1.165, 1.54) is 9.08 Å². The van der Waals surface area contributed by atoms with E-state index in [1.54, 1.807) is 30.6 Å². The molecule has 2 aromatic carbocycles. The fourth-order valence-corrected chi connectivity index (χ4v) is 3.25. The number of hydrogen-bond acceptors (Lipinski definition) is 3. The molecule has 0 aliphatic carbocycles. The molecule has 0 unspecified atom stereocenters. The van der Waals surface area contributed by atoms with E-state index in [-0.39, 0.29) is 18.0 Å². The summed E-state index contributed by atoms with van der Waals surface area (Å²) in [5.41, 5.74) is 3.25. The third-order valence-electron chi connectivity index (χ3n) is 4.39. The second-order valence-electron chi connectivity index (χ2n) is 6.49. The van der Waals surface area contributed by atoms with Crippen molar-refractivity contribution >= 4 is 28.7 Å². The summed E-state index contributed by atoms with van der Waals surface area (Å²) in [5, 5.41) is 7.63. The van der Waals surface area contributed by atoms with E-state index in [2.05, 4.69) is 10.4 Å². The Hall–Kier alpha value is -3.38. The average Bonchev–Trinajstić information content (AvgIpc) is 3.12. The molecular weight excluding hydrogens is 376 g/mol. The van der Waals surface area contributed by atoms with Crippen molar-refractivity contribution in [1.82, 2.24) is 14.2 Å². The zero-order valence-corrected chi connectivity index (χ0v) is 15.8. The van der Waals surface area contributed by atoms with Gasteiger partial charge in [-0.15, -0.1) is 0 Å². The van der Waals surface area contributed by atoms with Gasteiger partial charge < -0.3 is 9.88 Å². The normalized spacial score (nSPS) is 10.9. The molecule has 1 N–H and O–H groups in total. The number of hydrogen-bond donors (Lipinski definition) is 1. The molecule has 7 heteroatoms. The molecule has 4 rings (SSSR count). The molecule has 1 amide bonds. The number of rotatable bonds is 4. The van der Waals surface area contributed by atoms with Crippen LogP contribution >= 0.6 is 11.6 Å². The van der Waals surface area contributed by atoms with Crippen molar-refractivity contribution in [2.75, 3.05) is 5.32 Å². The second-order valence-corrected chi connectivity index (χ2v) is 6.90. The lowest BCUT2D eigenvalue weighted by Crippen LogP contribution is -2.28. The number of fused-ring (bicyclic) bond motifs is 1. The highest BCUT2D eigenvalue weighted by atomic mass is 35.5. The third kappa shape index (κ3) is 3.54. The molecule has 6 nitrogen and oxygen atoms in total. The van der Waals surface area contributed by atoms with Crippen molar-refractivity contribution in [2.24, 2.45) is 0 Å². The molecule has 2 heterocycles. The second kappa shape index (κ2) is 7.32. The number of anilines is 1. The van der Waals surface area contributed by atoms with Gasteiger partial charge in [0.25, 0.3) is 5.56 Å². The van der Waals surface area contributed by atoms with Crippen LogP contribution in [0.5, 0.6) is 0 Å². The summed E-state index contributed by atoms with van der Waals surface area (Å²) in [6.07, 6.45) is 3.21. The Bertz CT molecular complexity index is 1230. The number of carbonyl (C=O) groups is 1. The quantitative estimate of drug-likeness (QED) is 0.575. The minimum atomic E-state index is -0.333. The van der Waals surface area contributed by atoms with E-state index in [9.17, 15) is 9.59 Å². The monoisotopic (exact) mass is 392 g/mol. The van der Waals surface area contributed by atoms with E-state index < -0.39 is 0 Å². The molecule has 28 heavy (non-hydrogen) atoms. The summed E-state index contributed by atoms with van der Waals surface area (Å²) in [4.78, 5) is 25.2. The van der Waals surface area contributed by atoms with Crippen LogP contribution in [0.1, 0.15) is 5.56 Å². The molecule has 0 bridgehead atoms. The van der Waals surface area contributed by atoms with E-state index in [0.29, 0.717) is 21.9 Å². The molecule has 4 aromatic rings. The summed E-state index contributed by atoms with van der Waals surface area (Å²) >= 11 is 6.15. The molecule has 140 valence electrons.